The highest BCUT2D eigenvalue weighted by Crippen LogP contribution is 2.18. The van der Waals surface area contributed by atoms with Crippen molar-refractivity contribution in [3.05, 3.63) is 0 Å². The molecule has 0 saturated carbocycles. The van der Waals surface area contributed by atoms with Crippen LogP contribution >= 0.6 is 0 Å². The summed E-state index contributed by atoms with van der Waals surface area (Å²) in [6, 6.07) is 0. The van der Waals surface area contributed by atoms with E-state index in [1.807, 2.05) is 0 Å². The first-order valence-corrected chi connectivity index (χ1v) is 11.8. The van der Waals surface area contributed by atoms with Gasteiger partial charge in [0.15, 0.2) is 6.29 Å². The van der Waals surface area contributed by atoms with Gasteiger partial charge in [-0.25, -0.2) is 0 Å². The van der Waals surface area contributed by atoms with Gasteiger partial charge < -0.3 is 24.1 Å². The van der Waals surface area contributed by atoms with Gasteiger partial charge in [0.1, 0.15) is 6.79 Å². The summed E-state index contributed by atoms with van der Waals surface area (Å²) in [5.41, 5.74) is 0. The largest absolute Gasteiger partial charge is 0.390 e. The van der Waals surface area contributed by atoms with Crippen molar-refractivity contribution < 1.29 is 24.1 Å². The SMILES string of the molecule is CCCCCCCCCCC(O)C(CCCCOC1CCCCO1)OCOC. The van der Waals surface area contributed by atoms with E-state index in [1.165, 1.54) is 51.4 Å². The molecule has 1 aliphatic heterocycles. The van der Waals surface area contributed by atoms with Crippen LogP contribution in [0.4, 0.5) is 0 Å². The molecule has 3 unspecified atom stereocenters. The van der Waals surface area contributed by atoms with Crippen molar-refractivity contribution in [2.45, 2.75) is 122 Å². The molecule has 0 aromatic heterocycles. The Morgan fingerprint density at radius 2 is 1.64 bits per heavy atom. The van der Waals surface area contributed by atoms with Crippen LogP contribution in [-0.4, -0.2) is 50.7 Å². The van der Waals surface area contributed by atoms with E-state index in [4.69, 9.17) is 18.9 Å². The van der Waals surface area contributed by atoms with E-state index in [2.05, 4.69) is 6.92 Å². The van der Waals surface area contributed by atoms with E-state index in [1.54, 1.807) is 7.11 Å². The Morgan fingerprint density at radius 3 is 2.32 bits per heavy atom. The topological polar surface area (TPSA) is 57.2 Å². The molecule has 0 aliphatic carbocycles. The average Bonchev–Trinajstić information content (AvgIpc) is 2.72. The molecule has 0 amide bonds. The summed E-state index contributed by atoms with van der Waals surface area (Å²) in [7, 11) is 1.62. The second-order valence-electron chi connectivity index (χ2n) is 8.11. The van der Waals surface area contributed by atoms with Crippen LogP contribution in [0.1, 0.15) is 103 Å². The number of unbranched alkanes of at least 4 members (excludes halogenated alkanes) is 8. The monoisotopic (exact) mass is 402 g/mol. The van der Waals surface area contributed by atoms with Crippen LogP contribution < -0.4 is 0 Å². The van der Waals surface area contributed by atoms with Gasteiger partial charge in [-0.05, 0) is 44.9 Å². The van der Waals surface area contributed by atoms with E-state index in [0.717, 1.165) is 58.2 Å². The molecule has 0 radical (unpaired) electrons. The lowest BCUT2D eigenvalue weighted by molar-refractivity contribution is -0.163. The zero-order valence-corrected chi connectivity index (χ0v) is 18.5. The Kier molecular flexibility index (Phi) is 17.4. The zero-order valence-electron chi connectivity index (χ0n) is 18.5. The first-order chi connectivity index (χ1) is 13.8. The Morgan fingerprint density at radius 1 is 0.929 bits per heavy atom. The molecule has 1 N–H and O–H groups in total. The van der Waals surface area contributed by atoms with Crippen molar-refractivity contribution in [3.63, 3.8) is 0 Å². The molecule has 0 spiro atoms. The highest BCUT2D eigenvalue weighted by Gasteiger charge is 2.19. The lowest BCUT2D eigenvalue weighted by Gasteiger charge is -2.24. The number of ether oxygens (including phenoxy) is 4. The molecule has 0 aromatic rings. The molecule has 28 heavy (non-hydrogen) atoms. The minimum Gasteiger partial charge on any atom is -0.390 e. The van der Waals surface area contributed by atoms with E-state index in [0.29, 0.717) is 0 Å². The van der Waals surface area contributed by atoms with Gasteiger partial charge in [0, 0.05) is 20.3 Å². The van der Waals surface area contributed by atoms with Crippen molar-refractivity contribution in [1.29, 1.82) is 0 Å². The third kappa shape index (κ3) is 13.9. The number of hydrogen-bond donors (Lipinski definition) is 1. The van der Waals surface area contributed by atoms with Gasteiger partial charge in [0.05, 0.1) is 12.2 Å². The maximum absolute atomic E-state index is 10.5. The fraction of sp³-hybridized carbons (Fsp3) is 1.00. The minimum atomic E-state index is -0.405. The second kappa shape index (κ2) is 18.8. The molecule has 168 valence electrons. The Bertz CT molecular complexity index is 320. The van der Waals surface area contributed by atoms with Gasteiger partial charge in [-0.15, -0.1) is 0 Å². The molecule has 1 fully saturated rings. The van der Waals surface area contributed by atoms with Crippen molar-refractivity contribution in [3.8, 4) is 0 Å². The summed E-state index contributed by atoms with van der Waals surface area (Å²) in [5.74, 6) is 0. The zero-order chi connectivity index (χ0) is 20.3. The summed E-state index contributed by atoms with van der Waals surface area (Å²) in [6.45, 7) is 4.03. The summed E-state index contributed by atoms with van der Waals surface area (Å²) < 4.78 is 22.1. The smallest absolute Gasteiger partial charge is 0.157 e. The van der Waals surface area contributed by atoms with Crippen molar-refractivity contribution in [2.75, 3.05) is 27.1 Å². The first-order valence-electron chi connectivity index (χ1n) is 11.8. The molecule has 5 nitrogen and oxygen atoms in total. The van der Waals surface area contributed by atoms with Crippen LogP contribution in [0.2, 0.25) is 0 Å². The Balaban J connectivity index is 2.08. The fourth-order valence-corrected chi connectivity index (χ4v) is 3.72. The van der Waals surface area contributed by atoms with E-state index < -0.39 is 6.10 Å². The quantitative estimate of drug-likeness (QED) is 0.226. The van der Waals surface area contributed by atoms with Crippen LogP contribution in [0, 0.1) is 0 Å². The molecule has 3 atom stereocenters. The number of rotatable bonds is 19. The minimum absolute atomic E-state index is 0.0122. The van der Waals surface area contributed by atoms with Gasteiger partial charge in [-0.1, -0.05) is 58.3 Å². The predicted octanol–water partition coefficient (Wildman–Crippen LogP) is 5.58. The van der Waals surface area contributed by atoms with Gasteiger partial charge in [0.25, 0.3) is 0 Å². The molecule has 0 bridgehead atoms. The molecular formula is C23H46O5. The van der Waals surface area contributed by atoms with Crippen LogP contribution in [0.5, 0.6) is 0 Å². The van der Waals surface area contributed by atoms with Gasteiger partial charge in [0.2, 0.25) is 0 Å². The van der Waals surface area contributed by atoms with Crippen molar-refractivity contribution in [1.82, 2.24) is 0 Å². The number of aliphatic hydroxyl groups excluding tert-OH is 1. The van der Waals surface area contributed by atoms with Gasteiger partial charge >= 0.3 is 0 Å². The van der Waals surface area contributed by atoms with Crippen LogP contribution in [0.15, 0.2) is 0 Å². The maximum Gasteiger partial charge on any atom is 0.157 e. The fourth-order valence-electron chi connectivity index (χ4n) is 3.72. The van der Waals surface area contributed by atoms with Crippen molar-refractivity contribution in [2.24, 2.45) is 0 Å². The Hall–Kier alpha value is -0.200. The van der Waals surface area contributed by atoms with Gasteiger partial charge in [-0.2, -0.15) is 0 Å². The second-order valence-corrected chi connectivity index (χ2v) is 8.11. The highest BCUT2D eigenvalue weighted by atomic mass is 16.7. The van der Waals surface area contributed by atoms with Gasteiger partial charge in [-0.3, -0.25) is 0 Å². The third-order valence-corrected chi connectivity index (χ3v) is 5.51. The summed E-state index contributed by atoms with van der Waals surface area (Å²) in [6.07, 6.45) is 16.7. The third-order valence-electron chi connectivity index (χ3n) is 5.51. The number of hydrogen-bond acceptors (Lipinski definition) is 5. The lowest BCUT2D eigenvalue weighted by atomic mass is 10.0. The van der Waals surface area contributed by atoms with E-state index in [-0.39, 0.29) is 19.2 Å². The van der Waals surface area contributed by atoms with Crippen LogP contribution in [0.25, 0.3) is 0 Å². The predicted molar refractivity (Wildman–Crippen MR) is 113 cm³/mol. The van der Waals surface area contributed by atoms with E-state index >= 15 is 0 Å². The number of methoxy groups -OCH3 is 1. The molecular weight excluding hydrogens is 356 g/mol. The average molecular weight is 403 g/mol. The standard InChI is InChI=1S/C23H46O5/c1-3-4-5-6-7-8-9-10-15-21(24)22(28-20-25-2)16-11-13-18-26-23-17-12-14-19-27-23/h21-24H,3-20H2,1-2H3. The molecule has 5 heteroatoms. The molecule has 1 heterocycles. The van der Waals surface area contributed by atoms with E-state index in [9.17, 15) is 5.11 Å². The lowest BCUT2D eigenvalue weighted by Crippen LogP contribution is -2.30. The summed E-state index contributed by atoms with van der Waals surface area (Å²) in [4.78, 5) is 0. The number of aliphatic hydroxyl groups is 1. The van der Waals surface area contributed by atoms with Crippen LogP contribution in [-0.2, 0) is 18.9 Å². The molecule has 1 saturated heterocycles. The normalized spacial score (nSPS) is 19.6. The molecule has 1 aliphatic rings. The Labute approximate surface area is 173 Å². The summed E-state index contributed by atoms with van der Waals surface area (Å²) >= 11 is 0. The van der Waals surface area contributed by atoms with Crippen LogP contribution in [0.3, 0.4) is 0 Å². The molecule has 1 rings (SSSR count). The maximum atomic E-state index is 10.5. The summed E-state index contributed by atoms with van der Waals surface area (Å²) in [5, 5.41) is 10.5. The first kappa shape index (κ1) is 25.8. The molecule has 0 aromatic carbocycles. The highest BCUT2D eigenvalue weighted by molar-refractivity contribution is 4.69. The van der Waals surface area contributed by atoms with Crippen molar-refractivity contribution >= 4 is 0 Å².